The van der Waals surface area contributed by atoms with Gasteiger partial charge in [-0.3, -0.25) is 9.69 Å². The van der Waals surface area contributed by atoms with Crippen LogP contribution in [0.5, 0.6) is 0 Å². The average molecular weight is 463 g/mol. The second kappa shape index (κ2) is 8.88. The summed E-state index contributed by atoms with van der Waals surface area (Å²) >= 11 is 7.44. The van der Waals surface area contributed by atoms with E-state index in [0.717, 1.165) is 10.6 Å². The number of likely N-dealkylation sites (tertiary alicyclic amines) is 1. The van der Waals surface area contributed by atoms with Gasteiger partial charge in [-0.1, -0.05) is 32.4 Å². The van der Waals surface area contributed by atoms with Crippen LogP contribution in [0.4, 0.5) is 19.0 Å². The normalized spacial score (nSPS) is 16.8. The number of halogens is 4. The Labute approximate surface area is 183 Å². The van der Waals surface area contributed by atoms with Crippen molar-refractivity contribution in [1.82, 2.24) is 14.7 Å². The number of hydrogen-bond donors (Lipinski definition) is 1. The lowest BCUT2D eigenvalue weighted by Crippen LogP contribution is -2.39. The van der Waals surface area contributed by atoms with E-state index in [1.165, 1.54) is 20.9 Å². The van der Waals surface area contributed by atoms with Crippen LogP contribution in [0, 0.1) is 5.41 Å². The predicted octanol–water partition coefficient (Wildman–Crippen LogP) is 5.64. The number of alkyl halides is 3. The fraction of sp³-hybridized carbons (Fsp3) is 0.600. The highest BCUT2D eigenvalue weighted by Crippen LogP contribution is 2.32. The van der Waals surface area contributed by atoms with Crippen molar-refractivity contribution in [3.8, 4) is 0 Å². The molecular formula is C20H26ClF3N4OS. The van der Waals surface area contributed by atoms with Crippen molar-refractivity contribution in [1.29, 1.82) is 0 Å². The molecule has 0 aliphatic carbocycles. The highest BCUT2D eigenvalue weighted by atomic mass is 35.5. The Morgan fingerprint density at radius 2 is 1.93 bits per heavy atom. The van der Waals surface area contributed by atoms with Crippen molar-refractivity contribution in [2.24, 2.45) is 5.41 Å². The number of anilines is 1. The largest absolute Gasteiger partial charge is 0.401 e. The van der Waals surface area contributed by atoms with E-state index in [4.69, 9.17) is 11.6 Å². The van der Waals surface area contributed by atoms with E-state index in [-0.39, 0.29) is 11.8 Å². The smallest absolute Gasteiger partial charge is 0.365 e. The van der Waals surface area contributed by atoms with Crippen LogP contribution >= 0.6 is 22.9 Å². The van der Waals surface area contributed by atoms with Crippen LogP contribution in [0.3, 0.4) is 0 Å². The summed E-state index contributed by atoms with van der Waals surface area (Å²) in [5, 5.41) is 7.83. The maximum atomic E-state index is 12.9. The lowest BCUT2D eigenvalue weighted by Gasteiger charge is -2.31. The van der Waals surface area contributed by atoms with Gasteiger partial charge in [0.05, 0.1) is 23.1 Å². The van der Waals surface area contributed by atoms with E-state index >= 15 is 0 Å². The molecule has 0 unspecified atom stereocenters. The molecule has 5 nitrogen and oxygen atoms in total. The topological polar surface area (TPSA) is 50.2 Å². The maximum absolute atomic E-state index is 12.9. The van der Waals surface area contributed by atoms with Gasteiger partial charge in [0.2, 0.25) is 0 Å². The molecule has 166 valence electrons. The Kier molecular flexibility index (Phi) is 6.84. The van der Waals surface area contributed by atoms with Gasteiger partial charge in [0, 0.05) is 22.3 Å². The van der Waals surface area contributed by atoms with Crippen LogP contribution < -0.4 is 5.32 Å². The van der Waals surface area contributed by atoms with Crippen molar-refractivity contribution >= 4 is 34.7 Å². The number of nitrogens with zero attached hydrogens (tertiary/aromatic N) is 3. The molecular weight excluding hydrogens is 437 g/mol. The number of carbonyl (C=O) groups is 1. The van der Waals surface area contributed by atoms with Gasteiger partial charge in [-0.15, -0.1) is 11.3 Å². The van der Waals surface area contributed by atoms with Crippen molar-refractivity contribution in [2.45, 2.75) is 52.3 Å². The average Bonchev–Trinajstić information content (AvgIpc) is 3.24. The molecule has 2 aromatic rings. The molecule has 0 aromatic carbocycles. The van der Waals surface area contributed by atoms with Crippen molar-refractivity contribution in [3.63, 3.8) is 0 Å². The molecule has 0 radical (unpaired) electrons. The van der Waals surface area contributed by atoms with Crippen LogP contribution in [0.25, 0.3) is 0 Å². The molecule has 0 spiro atoms. The number of aromatic nitrogens is 2. The number of piperidine rings is 1. The Bertz CT molecular complexity index is 879. The highest BCUT2D eigenvalue weighted by Gasteiger charge is 2.34. The van der Waals surface area contributed by atoms with Crippen LogP contribution in [-0.4, -0.2) is 46.4 Å². The zero-order chi connectivity index (χ0) is 22.1. The summed E-state index contributed by atoms with van der Waals surface area (Å²) in [6.45, 7) is 5.83. The van der Waals surface area contributed by atoms with Gasteiger partial charge in [0.25, 0.3) is 5.91 Å². The predicted molar refractivity (Wildman–Crippen MR) is 113 cm³/mol. The minimum absolute atomic E-state index is 0.0280. The first-order chi connectivity index (χ1) is 13.9. The van der Waals surface area contributed by atoms with Crippen molar-refractivity contribution in [3.05, 3.63) is 33.1 Å². The molecule has 30 heavy (non-hydrogen) atoms. The third-order valence-corrected chi connectivity index (χ3v) is 6.27. The van der Waals surface area contributed by atoms with E-state index in [9.17, 15) is 18.0 Å². The monoisotopic (exact) mass is 462 g/mol. The van der Waals surface area contributed by atoms with Crippen LogP contribution in [-0.2, 0) is 6.54 Å². The van der Waals surface area contributed by atoms with Gasteiger partial charge in [-0.2, -0.15) is 23.0 Å². The quantitative estimate of drug-likeness (QED) is 0.624. The number of rotatable bonds is 5. The standard InChI is InChI=1S/C20H26ClF3N4OS/c1-19(2,3)18(29)28-17(25-11-14-4-5-16(21)30-14)10-15(26-28)13-6-8-27(9-7-13)12-20(22,23)24/h4-5,10,13,25H,6-9,11-12H2,1-3H3. The molecule has 1 saturated heterocycles. The van der Waals surface area contributed by atoms with Gasteiger partial charge >= 0.3 is 6.18 Å². The molecule has 0 bridgehead atoms. The summed E-state index contributed by atoms with van der Waals surface area (Å²) in [5.41, 5.74) is 0.119. The van der Waals surface area contributed by atoms with Gasteiger partial charge in [-0.05, 0) is 38.1 Å². The highest BCUT2D eigenvalue weighted by molar-refractivity contribution is 7.16. The zero-order valence-corrected chi connectivity index (χ0v) is 18.8. The fourth-order valence-corrected chi connectivity index (χ4v) is 4.49. The molecule has 10 heteroatoms. The Morgan fingerprint density at radius 3 is 2.47 bits per heavy atom. The molecule has 1 aliphatic heterocycles. The first-order valence-corrected chi connectivity index (χ1v) is 11.0. The first-order valence-electron chi connectivity index (χ1n) is 9.84. The second-order valence-electron chi connectivity index (χ2n) is 8.65. The van der Waals surface area contributed by atoms with E-state index in [2.05, 4.69) is 10.4 Å². The molecule has 0 saturated carbocycles. The van der Waals surface area contributed by atoms with Gasteiger partial charge in [0.15, 0.2) is 0 Å². The summed E-state index contributed by atoms with van der Waals surface area (Å²) in [4.78, 5) is 15.4. The number of hydrogen-bond acceptors (Lipinski definition) is 5. The summed E-state index contributed by atoms with van der Waals surface area (Å²) < 4.78 is 40.0. The summed E-state index contributed by atoms with van der Waals surface area (Å²) in [7, 11) is 0. The fourth-order valence-electron chi connectivity index (χ4n) is 3.46. The van der Waals surface area contributed by atoms with Crippen LogP contribution in [0.15, 0.2) is 18.2 Å². The molecule has 1 N–H and O–H groups in total. The van der Waals surface area contributed by atoms with Gasteiger partial charge in [-0.25, -0.2) is 0 Å². The van der Waals surface area contributed by atoms with E-state index < -0.39 is 18.1 Å². The van der Waals surface area contributed by atoms with Crippen molar-refractivity contribution < 1.29 is 18.0 Å². The lowest BCUT2D eigenvalue weighted by molar-refractivity contribution is -0.147. The SMILES string of the molecule is CC(C)(C)C(=O)n1nc(C2CCN(CC(F)(F)F)CC2)cc1NCc1ccc(Cl)s1. The van der Waals surface area contributed by atoms with Gasteiger partial charge < -0.3 is 5.32 Å². The third-order valence-electron chi connectivity index (χ3n) is 5.04. The number of nitrogens with one attached hydrogen (secondary N) is 1. The number of carbonyl (C=O) groups excluding carboxylic acids is 1. The van der Waals surface area contributed by atoms with E-state index in [1.807, 2.05) is 39.0 Å². The molecule has 0 atom stereocenters. The van der Waals surface area contributed by atoms with E-state index in [1.54, 1.807) is 0 Å². The Morgan fingerprint density at radius 1 is 1.27 bits per heavy atom. The lowest BCUT2D eigenvalue weighted by atomic mass is 9.93. The Hall–Kier alpha value is -1.58. The summed E-state index contributed by atoms with van der Waals surface area (Å²) in [5.74, 6) is 0.474. The first kappa shape index (κ1) is 23.1. The zero-order valence-electron chi connectivity index (χ0n) is 17.2. The molecule has 0 amide bonds. The molecule has 3 rings (SSSR count). The maximum Gasteiger partial charge on any atom is 0.401 e. The van der Waals surface area contributed by atoms with Gasteiger partial charge in [0.1, 0.15) is 5.82 Å². The molecule has 2 aromatic heterocycles. The Balaban J connectivity index is 1.75. The number of thiophene rings is 1. The van der Waals surface area contributed by atoms with Crippen molar-refractivity contribution in [2.75, 3.05) is 25.0 Å². The molecule has 1 fully saturated rings. The minimum Gasteiger partial charge on any atom is -0.365 e. The molecule has 1 aliphatic rings. The van der Waals surface area contributed by atoms with E-state index in [0.29, 0.717) is 42.6 Å². The van der Waals surface area contributed by atoms with Crippen LogP contribution in [0.1, 0.15) is 54.9 Å². The third kappa shape index (κ3) is 5.98. The summed E-state index contributed by atoms with van der Waals surface area (Å²) in [6.07, 6.45) is -3.02. The minimum atomic E-state index is -4.19. The summed E-state index contributed by atoms with van der Waals surface area (Å²) in [6, 6.07) is 5.59. The van der Waals surface area contributed by atoms with Crippen LogP contribution in [0.2, 0.25) is 4.34 Å². The second-order valence-corrected chi connectivity index (χ2v) is 10.4. The molecule has 3 heterocycles.